The zero-order valence-corrected chi connectivity index (χ0v) is 18.4. The van der Waals surface area contributed by atoms with Crippen molar-refractivity contribution < 1.29 is 18.8 Å². The Bertz CT molecular complexity index is 636. The van der Waals surface area contributed by atoms with Crippen LogP contribution in [0.3, 0.4) is 0 Å². The first-order valence-corrected chi connectivity index (χ1v) is 11.9. The lowest BCUT2D eigenvalue weighted by molar-refractivity contribution is -0.128. The van der Waals surface area contributed by atoms with Crippen LogP contribution in [0.4, 0.5) is 4.39 Å². The van der Waals surface area contributed by atoms with Gasteiger partial charge in [0.1, 0.15) is 18.4 Å². The van der Waals surface area contributed by atoms with Crippen LogP contribution in [0.25, 0.3) is 0 Å². The van der Waals surface area contributed by atoms with E-state index < -0.39 is 6.17 Å². The van der Waals surface area contributed by atoms with Gasteiger partial charge in [-0.2, -0.15) is 5.48 Å². The highest BCUT2D eigenvalue weighted by molar-refractivity contribution is 5.83. The minimum absolute atomic E-state index is 0.00180. The molecular formula is C20H37FN8O3. The van der Waals surface area contributed by atoms with Crippen molar-refractivity contribution >= 4 is 11.8 Å². The molecule has 0 aromatic rings. The van der Waals surface area contributed by atoms with Crippen molar-refractivity contribution in [1.82, 2.24) is 42.9 Å². The summed E-state index contributed by atoms with van der Waals surface area (Å²) >= 11 is 0. The van der Waals surface area contributed by atoms with E-state index in [9.17, 15) is 14.0 Å². The third-order valence-electron chi connectivity index (χ3n) is 6.77. The first-order chi connectivity index (χ1) is 15.6. The number of alkyl halides is 1. The Morgan fingerprint density at radius 2 is 1.94 bits per heavy atom. The summed E-state index contributed by atoms with van der Waals surface area (Å²) in [6.45, 7) is 2.88. The second kappa shape index (κ2) is 11.6. The number of carbonyl (C=O) groups excluding carboxylic acids is 2. The maximum absolute atomic E-state index is 13.3. The van der Waals surface area contributed by atoms with E-state index in [0.717, 1.165) is 32.4 Å². The third kappa shape index (κ3) is 6.34. The van der Waals surface area contributed by atoms with E-state index in [1.807, 2.05) is 0 Å². The summed E-state index contributed by atoms with van der Waals surface area (Å²) in [7, 11) is 0. The molecule has 5 atom stereocenters. The molecule has 3 saturated heterocycles. The largest absolute Gasteiger partial charge is 0.356 e. The molecule has 4 aliphatic rings. The second-order valence-corrected chi connectivity index (χ2v) is 9.10. The van der Waals surface area contributed by atoms with Gasteiger partial charge in [-0.25, -0.2) is 9.82 Å². The maximum atomic E-state index is 13.3. The highest BCUT2D eigenvalue weighted by atomic mass is 19.1. The number of rotatable bonds is 9. The van der Waals surface area contributed by atoms with Gasteiger partial charge in [0.05, 0.1) is 18.4 Å². The topological polar surface area (TPSA) is 140 Å². The van der Waals surface area contributed by atoms with Gasteiger partial charge in [0.2, 0.25) is 5.91 Å². The zero-order valence-electron chi connectivity index (χ0n) is 18.4. The van der Waals surface area contributed by atoms with Crippen LogP contribution >= 0.6 is 0 Å². The molecule has 182 valence electrons. The Balaban J connectivity index is 1.05. The normalized spacial score (nSPS) is 37.5. The lowest BCUT2D eigenvalue weighted by atomic mass is 9.86. The van der Waals surface area contributed by atoms with Crippen molar-refractivity contribution in [3.05, 3.63) is 0 Å². The van der Waals surface area contributed by atoms with Crippen molar-refractivity contribution in [3.63, 3.8) is 0 Å². The molecule has 0 aromatic carbocycles. The summed E-state index contributed by atoms with van der Waals surface area (Å²) in [5.74, 6) is 0.315. The summed E-state index contributed by atoms with van der Waals surface area (Å²) in [6.07, 6.45) is 3.78. The van der Waals surface area contributed by atoms with E-state index in [1.54, 1.807) is 0 Å². The molecule has 12 heteroatoms. The van der Waals surface area contributed by atoms with Crippen molar-refractivity contribution in [2.75, 3.05) is 26.2 Å². The molecule has 0 aromatic heterocycles. The number of hydrazine groups is 1. The molecule has 1 saturated carbocycles. The van der Waals surface area contributed by atoms with E-state index in [1.165, 1.54) is 0 Å². The highest BCUT2D eigenvalue weighted by Gasteiger charge is 2.39. The Labute approximate surface area is 188 Å². The molecule has 32 heavy (non-hydrogen) atoms. The number of halogens is 1. The van der Waals surface area contributed by atoms with Crippen molar-refractivity contribution in [2.24, 2.45) is 5.92 Å². The second-order valence-electron chi connectivity index (χ2n) is 9.10. The number of hydrogen-bond donors (Lipinski definition) is 8. The fraction of sp³-hybridized carbons (Fsp3) is 0.900. The summed E-state index contributed by atoms with van der Waals surface area (Å²) in [5, 5.41) is 16.3. The standard InChI is InChI=1S/C20H37FN8O3/c21-13-4-2-12(3-5-13)18-26-15(32-29-18)7-6-14(30)22-8-1-9-25-19-16-17(20(31)28-27-19)24-11-10-23-16/h12-13,15-19,23-27,29H,1-11H2,(H,22,30)(H,28,31). The van der Waals surface area contributed by atoms with Crippen LogP contribution in [0, 0.1) is 5.92 Å². The number of fused-ring (bicyclic) bond motifs is 1. The molecule has 1 aliphatic carbocycles. The van der Waals surface area contributed by atoms with Crippen LogP contribution < -0.4 is 42.9 Å². The average molecular weight is 457 g/mol. The van der Waals surface area contributed by atoms with E-state index in [2.05, 4.69) is 42.9 Å². The highest BCUT2D eigenvalue weighted by Crippen LogP contribution is 2.29. The number of hydroxylamine groups is 1. The molecule has 0 radical (unpaired) electrons. The molecule has 4 rings (SSSR count). The molecule has 2 amide bonds. The molecule has 0 spiro atoms. The van der Waals surface area contributed by atoms with E-state index >= 15 is 0 Å². The minimum Gasteiger partial charge on any atom is -0.356 e. The Morgan fingerprint density at radius 3 is 2.78 bits per heavy atom. The van der Waals surface area contributed by atoms with Crippen LogP contribution in [-0.4, -0.2) is 74.8 Å². The molecule has 3 heterocycles. The zero-order chi connectivity index (χ0) is 22.3. The molecule has 11 nitrogen and oxygen atoms in total. The number of nitrogens with one attached hydrogen (secondary N) is 8. The van der Waals surface area contributed by atoms with Gasteiger partial charge >= 0.3 is 0 Å². The van der Waals surface area contributed by atoms with Gasteiger partial charge in [-0.15, -0.1) is 0 Å². The minimum atomic E-state index is -0.666. The molecule has 8 N–H and O–H groups in total. The maximum Gasteiger partial charge on any atom is 0.252 e. The fourth-order valence-electron chi connectivity index (χ4n) is 4.91. The van der Waals surface area contributed by atoms with E-state index in [-0.39, 0.29) is 42.5 Å². The number of hydrogen-bond acceptors (Lipinski definition) is 9. The Kier molecular flexibility index (Phi) is 8.63. The lowest BCUT2D eigenvalue weighted by Crippen LogP contribution is -2.77. The van der Waals surface area contributed by atoms with Crippen LogP contribution in [0.15, 0.2) is 0 Å². The Hall–Kier alpha value is -1.41. The molecule has 5 unspecified atom stereocenters. The number of piperazine rings is 1. The molecular weight excluding hydrogens is 419 g/mol. The smallest absolute Gasteiger partial charge is 0.252 e. The molecule has 3 aliphatic heterocycles. The van der Waals surface area contributed by atoms with Gasteiger partial charge in [-0.05, 0) is 51.0 Å². The van der Waals surface area contributed by atoms with Gasteiger partial charge in [0, 0.05) is 26.1 Å². The van der Waals surface area contributed by atoms with Gasteiger partial charge < -0.3 is 16.0 Å². The van der Waals surface area contributed by atoms with E-state index in [4.69, 9.17) is 4.84 Å². The monoisotopic (exact) mass is 456 g/mol. The van der Waals surface area contributed by atoms with Gasteiger partial charge in [-0.1, -0.05) is 0 Å². The van der Waals surface area contributed by atoms with Crippen molar-refractivity contribution in [2.45, 2.75) is 81.8 Å². The molecule has 0 bridgehead atoms. The first-order valence-electron chi connectivity index (χ1n) is 11.9. The predicted molar refractivity (Wildman–Crippen MR) is 115 cm³/mol. The van der Waals surface area contributed by atoms with Gasteiger partial charge in [0.25, 0.3) is 5.91 Å². The van der Waals surface area contributed by atoms with Gasteiger partial charge in [-0.3, -0.25) is 30.5 Å². The third-order valence-corrected chi connectivity index (χ3v) is 6.77. The van der Waals surface area contributed by atoms with E-state index in [0.29, 0.717) is 44.7 Å². The number of amides is 2. The summed E-state index contributed by atoms with van der Waals surface area (Å²) < 4.78 is 13.3. The SMILES string of the molecule is O=C(CCC1NC(C2CCC(F)CC2)NO1)NCCCNC1NNC(=O)C2NCCNC12. The first kappa shape index (κ1) is 23.7. The van der Waals surface area contributed by atoms with Crippen LogP contribution in [0.2, 0.25) is 0 Å². The predicted octanol–water partition coefficient (Wildman–Crippen LogP) is -1.94. The Morgan fingerprint density at radius 1 is 1.12 bits per heavy atom. The van der Waals surface area contributed by atoms with Crippen molar-refractivity contribution in [3.8, 4) is 0 Å². The van der Waals surface area contributed by atoms with Crippen LogP contribution in [0.5, 0.6) is 0 Å². The lowest BCUT2D eigenvalue weighted by Gasteiger charge is -2.42. The average Bonchev–Trinajstić information content (AvgIpc) is 3.28. The summed E-state index contributed by atoms with van der Waals surface area (Å²) in [4.78, 5) is 29.6. The number of carbonyl (C=O) groups is 2. The molecule has 4 fully saturated rings. The van der Waals surface area contributed by atoms with Crippen LogP contribution in [0.1, 0.15) is 44.9 Å². The quantitative estimate of drug-likeness (QED) is 0.186. The fourth-order valence-corrected chi connectivity index (χ4v) is 4.91. The summed E-state index contributed by atoms with van der Waals surface area (Å²) in [6, 6.07) is -0.267. The van der Waals surface area contributed by atoms with Crippen LogP contribution in [-0.2, 0) is 14.4 Å². The van der Waals surface area contributed by atoms with Gasteiger partial charge in [0.15, 0.2) is 0 Å². The summed E-state index contributed by atoms with van der Waals surface area (Å²) in [5.41, 5.74) is 8.71. The van der Waals surface area contributed by atoms with Crippen molar-refractivity contribution in [1.29, 1.82) is 0 Å².